The van der Waals surface area contributed by atoms with Gasteiger partial charge >= 0.3 is 0 Å². The van der Waals surface area contributed by atoms with Crippen molar-refractivity contribution in [3.05, 3.63) is 0 Å². The SMILES string of the molecule is N#CCCC(C#N)CC(C#N)CC(C#N)CC#N. The molecule has 0 N–H and O–H groups in total. The van der Waals surface area contributed by atoms with Crippen molar-refractivity contribution < 1.29 is 0 Å². The van der Waals surface area contributed by atoms with Gasteiger partial charge in [-0.1, -0.05) is 0 Å². The lowest BCUT2D eigenvalue weighted by molar-refractivity contribution is 0.417. The summed E-state index contributed by atoms with van der Waals surface area (Å²) in [5.74, 6) is -1.21. The highest BCUT2D eigenvalue weighted by atomic mass is 14.4. The van der Waals surface area contributed by atoms with E-state index in [0.29, 0.717) is 19.3 Å². The largest absolute Gasteiger partial charge is 0.198 e. The van der Waals surface area contributed by atoms with Crippen molar-refractivity contribution in [1.82, 2.24) is 0 Å². The fourth-order valence-electron chi connectivity index (χ4n) is 1.65. The number of hydrogen-bond acceptors (Lipinski definition) is 5. The third kappa shape index (κ3) is 6.12. The molecule has 18 heavy (non-hydrogen) atoms. The Balaban J connectivity index is 4.40. The Morgan fingerprint density at radius 3 is 1.67 bits per heavy atom. The molecule has 5 nitrogen and oxygen atoms in total. The highest BCUT2D eigenvalue weighted by Crippen LogP contribution is 2.23. The summed E-state index contributed by atoms with van der Waals surface area (Å²) in [4.78, 5) is 0. The predicted octanol–water partition coefficient (Wildman–Crippen LogP) is 2.40. The minimum absolute atomic E-state index is 0.101. The summed E-state index contributed by atoms with van der Waals surface area (Å²) in [6, 6.07) is 10.0. The second-order valence-electron chi connectivity index (χ2n) is 4.01. The molecule has 5 heteroatoms. The molecule has 0 aromatic heterocycles. The molecule has 0 fully saturated rings. The van der Waals surface area contributed by atoms with E-state index in [2.05, 4.69) is 12.1 Å². The van der Waals surface area contributed by atoms with Gasteiger partial charge in [0.1, 0.15) is 0 Å². The maximum atomic E-state index is 8.99. The second-order valence-corrected chi connectivity index (χ2v) is 4.01. The third-order valence-corrected chi connectivity index (χ3v) is 2.63. The van der Waals surface area contributed by atoms with Crippen LogP contribution in [0.1, 0.15) is 32.1 Å². The van der Waals surface area contributed by atoms with Crippen LogP contribution in [0.2, 0.25) is 0 Å². The average molecular weight is 239 g/mol. The topological polar surface area (TPSA) is 119 Å². The first kappa shape index (κ1) is 15.4. The van der Waals surface area contributed by atoms with E-state index < -0.39 is 11.8 Å². The fourth-order valence-corrected chi connectivity index (χ4v) is 1.65. The zero-order valence-electron chi connectivity index (χ0n) is 10.0. The molecule has 0 aromatic rings. The van der Waals surface area contributed by atoms with Gasteiger partial charge in [0.15, 0.2) is 0 Å². The van der Waals surface area contributed by atoms with Crippen LogP contribution >= 0.6 is 0 Å². The smallest absolute Gasteiger partial charge is 0.0667 e. The first-order chi connectivity index (χ1) is 8.71. The Kier molecular flexibility index (Phi) is 8.29. The van der Waals surface area contributed by atoms with E-state index >= 15 is 0 Å². The van der Waals surface area contributed by atoms with Crippen molar-refractivity contribution >= 4 is 0 Å². The van der Waals surface area contributed by atoms with Gasteiger partial charge in [0, 0.05) is 18.3 Å². The quantitative estimate of drug-likeness (QED) is 0.675. The number of nitriles is 5. The van der Waals surface area contributed by atoms with Crippen LogP contribution in [0, 0.1) is 74.4 Å². The molecule has 0 bridgehead atoms. The third-order valence-electron chi connectivity index (χ3n) is 2.63. The van der Waals surface area contributed by atoms with Crippen LogP contribution in [0.4, 0.5) is 0 Å². The molecule has 0 aliphatic rings. The summed E-state index contributed by atoms with van der Waals surface area (Å²) in [5.41, 5.74) is 0. The van der Waals surface area contributed by atoms with Gasteiger partial charge in [-0.2, -0.15) is 26.3 Å². The van der Waals surface area contributed by atoms with Crippen LogP contribution < -0.4 is 0 Å². The van der Waals surface area contributed by atoms with Crippen molar-refractivity contribution in [3.8, 4) is 30.3 Å². The molecule has 3 atom stereocenters. The summed E-state index contributed by atoms with van der Waals surface area (Å²) in [7, 11) is 0. The van der Waals surface area contributed by atoms with Crippen LogP contribution in [0.15, 0.2) is 0 Å². The lowest BCUT2D eigenvalue weighted by Gasteiger charge is -2.14. The number of nitrogens with zero attached hydrogens (tertiary/aromatic N) is 5. The minimum Gasteiger partial charge on any atom is -0.198 e. The average Bonchev–Trinajstić information content (AvgIpc) is 2.41. The highest BCUT2D eigenvalue weighted by Gasteiger charge is 2.20. The van der Waals surface area contributed by atoms with Crippen LogP contribution in [0.3, 0.4) is 0 Å². The van der Waals surface area contributed by atoms with Crippen LogP contribution in [-0.2, 0) is 0 Å². The fraction of sp³-hybridized carbons (Fsp3) is 0.615. The monoisotopic (exact) mass is 239 g/mol. The van der Waals surface area contributed by atoms with E-state index in [1.165, 1.54) is 0 Å². The van der Waals surface area contributed by atoms with Gasteiger partial charge in [-0.05, 0) is 19.3 Å². The van der Waals surface area contributed by atoms with Crippen molar-refractivity contribution in [3.63, 3.8) is 0 Å². The zero-order valence-corrected chi connectivity index (χ0v) is 10.0. The predicted molar refractivity (Wildman–Crippen MR) is 61.6 cm³/mol. The van der Waals surface area contributed by atoms with E-state index in [0.717, 1.165) is 0 Å². The summed E-state index contributed by atoms with van der Waals surface area (Å²) in [6.45, 7) is 0. The lowest BCUT2D eigenvalue weighted by Crippen LogP contribution is -2.10. The van der Waals surface area contributed by atoms with Crippen molar-refractivity contribution in [1.29, 1.82) is 26.3 Å². The van der Waals surface area contributed by atoms with Gasteiger partial charge in [-0.3, -0.25) is 0 Å². The van der Waals surface area contributed by atoms with Gasteiger partial charge in [-0.25, -0.2) is 0 Å². The van der Waals surface area contributed by atoms with E-state index in [4.69, 9.17) is 26.3 Å². The summed E-state index contributed by atoms with van der Waals surface area (Å²) in [5, 5.41) is 43.7. The summed E-state index contributed by atoms with van der Waals surface area (Å²) >= 11 is 0. The number of rotatable bonds is 7. The van der Waals surface area contributed by atoms with E-state index in [-0.39, 0.29) is 18.8 Å². The molecule has 0 saturated carbocycles. The van der Waals surface area contributed by atoms with Crippen molar-refractivity contribution in [2.45, 2.75) is 32.1 Å². The molecule has 3 unspecified atom stereocenters. The van der Waals surface area contributed by atoms with E-state index in [1.807, 2.05) is 18.2 Å². The lowest BCUT2D eigenvalue weighted by atomic mass is 9.86. The van der Waals surface area contributed by atoms with Gasteiger partial charge in [0.2, 0.25) is 0 Å². The molecular weight excluding hydrogens is 226 g/mol. The first-order valence-corrected chi connectivity index (χ1v) is 5.64. The molecule has 0 aromatic carbocycles. The molecular formula is C13H13N5. The molecule has 0 aliphatic heterocycles. The van der Waals surface area contributed by atoms with Crippen LogP contribution in [-0.4, -0.2) is 0 Å². The maximum Gasteiger partial charge on any atom is 0.0667 e. The summed E-state index contributed by atoms with van der Waals surface area (Å²) < 4.78 is 0. The zero-order chi connectivity index (χ0) is 13.8. The first-order valence-electron chi connectivity index (χ1n) is 5.64. The molecule has 0 amide bonds. The molecule has 0 radical (unpaired) electrons. The Bertz CT molecular complexity index is 448. The highest BCUT2D eigenvalue weighted by molar-refractivity contribution is 4.98. The second kappa shape index (κ2) is 9.66. The van der Waals surface area contributed by atoms with Gasteiger partial charge < -0.3 is 0 Å². The maximum absolute atomic E-state index is 8.99. The Hall–Kier alpha value is -2.55. The molecule has 0 spiro atoms. The Morgan fingerprint density at radius 1 is 0.667 bits per heavy atom. The molecule has 0 aliphatic carbocycles. The molecule has 0 heterocycles. The summed E-state index contributed by atoms with van der Waals surface area (Å²) in [6.07, 6.45) is 1.50. The van der Waals surface area contributed by atoms with Gasteiger partial charge in [-0.15, -0.1) is 0 Å². The molecule has 90 valence electrons. The van der Waals surface area contributed by atoms with Crippen molar-refractivity contribution in [2.24, 2.45) is 17.8 Å². The van der Waals surface area contributed by atoms with Gasteiger partial charge in [0.05, 0.1) is 42.7 Å². The Morgan fingerprint density at radius 2 is 1.22 bits per heavy atom. The molecule has 0 saturated heterocycles. The van der Waals surface area contributed by atoms with E-state index in [1.54, 1.807) is 0 Å². The van der Waals surface area contributed by atoms with Gasteiger partial charge in [0.25, 0.3) is 0 Å². The van der Waals surface area contributed by atoms with Crippen LogP contribution in [0.5, 0.6) is 0 Å². The minimum atomic E-state index is -0.463. The van der Waals surface area contributed by atoms with Crippen molar-refractivity contribution in [2.75, 3.05) is 0 Å². The van der Waals surface area contributed by atoms with Crippen LogP contribution in [0.25, 0.3) is 0 Å². The Labute approximate surface area is 107 Å². The molecule has 0 rings (SSSR count). The standard InChI is InChI=1S/C13H13N5/c14-4-1-2-11(8-16)6-13(10-18)7-12(9-17)3-5-15/h11-13H,1-3,6-7H2. The van der Waals surface area contributed by atoms with E-state index in [9.17, 15) is 0 Å². The normalized spacial score (nSPS) is 13.7. The number of hydrogen-bond donors (Lipinski definition) is 0.